The SMILES string of the molecule is CC(C)c1ccc(-c2cc(-c3cccs3)cc(-c3cccs3)c2)cc1. The van der Waals surface area contributed by atoms with Crippen LogP contribution >= 0.6 is 22.7 Å². The van der Waals surface area contributed by atoms with Crippen LogP contribution in [0.25, 0.3) is 32.0 Å². The van der Waals surface area contributed by atoms with Crippen LogP contribution in [0.1, 0.15) is 25.3 Å². The smallest absolute Gasteiger partial charge is 0.0343 e. The van der Waals surface area contributed by atoms with Gasteiger partial charge in [-0.15, -0.1) is 22.7 Å². The van der Waals surface area contributed by atoms with Gasteiger partial charge >= 0.3 is 0 Å². The maximum Gasteiger partial charge on any atom is 0.0343 e. The molecule has 25 heavy (non-hydrogen) atoms. The lowest BCUT2D eigenvalue weighted by Crippen LogP contribution is -1.87. The van der Waals surface area contributed by atoms with Crippen LogP contribution in [0.5, 0.6) is 0 Å². The number of rotatable bonds is 4. The lowest BCUT2D eigenvalue weighted by molar-refractivity contribution is 0.867. The first-order valence-electron chi connectivity index (χ1n) is 8.54. The first-order valence-corrected chi connectivity index (χ1v) is 10.3. The lowest BCUT2D eigenvalue weighted by Gasteiger charge is -2.11. The molecule has 0 aliphatic heterocycles. The molecule has 0 unspecified atom stereocenters. The van der Waals surface area contributed by atoms with Crippen molar-refractivity contribution in [3.63, 3.8) is 0 Å². The number of hydrogen-bond donors (Lipinski definition) is 0. The van der Waals surface area contributed by atoms with E-state index in [2.05, 4.69) is 91.3 Å². The van der Waals surface area contributed by atoms with Crippen molar-refractivity contribution >= 4 is 22.7 Å². The van der Waals surface area contributed by atoms with Crippen molar-refractivity contribution in [2.45, 2.75) is 19.8 Å². The molecule has 0 fully saturated rings. The molecule has 0 N–H and O–H groups in total. The van der Waals surface area contributed by atoms with Gasteiger partial charge in [-0.05, 0) is 74.8 Å². The van der Waals surface area contributed by atoms with Gasteiger partial charge in [0.15, 0.2) is 0 Å². The van der Waals surface area contributed by atoms with Gasteiger partial charge < -0.3 is 0 Å². The number of hydrogen-bond acceptors (Lipinski definition) is 2. The van der Waals surface area contributed by atoms with Crippen LogP contribution in [0.2, 0.25) is 0 Å². The highest BCUT2D eigenvalue weighted by molar-refractivity contribution is 7.14. The van der Waals surface area contributed by atoms with E-state index in [-0.39, 0.29) is 0 Å². The molecule has 124 valence electrons. The maximum absolute atomic E-state index is 2.31. The first-order chi connectivity index (χ1) is 12.2. The van der Waals surface area contributed by atoms with E-state index in [1.165, 1.54) is 37.6 Å². The van der Waals surface area contributed by atoms with Crippen molar-refractivity contribution in [3.05, 3.63) is 83.1 Å². The molecule has 0 saturated heterocycles. The summed E-state index contributed by atoms with van der Waals surface area (Å²) in [6.45, 7) is 4.47. The number of benzene rings is 2. The Balaban J connectivity index is 1.83. The molecule has 0 bridgehead atoms. The Morgan fingerprint density at radius 2 is 1.12 bits per heavy atom. The van der Waals surface area contributed by atoms with E-state index in [0.29, 0.717) is 5.92 Å². The van der Waals surface area contributed by atoms with E-state index in [1.54, 1.807) is 22.7 Å². The Morgan fingerprint density at radius 3 is 1.56 bits per heavy atom. The minimum absolute atomic E-state index is 0.563. The second kappa shape index (κ2) is 6.99. The average Bonchev–Trinajstić information content (AvgIpc) is 3.35. The Labute approximate surface area is 157 Å². The fraction of sp³-hybridized carbons (Fsp3) is 0.130. The molecule has 2 heteroatoms. The summed E-state index contributed by atoms with van der Waals surface area (Å²) < 4.78 is 0. The second-order valence-electron chi connectivity index (χ2n) is 6.53. The molecule has 0 amide bonds. The van der Waals surface area contributed by atoms with Crippen LogP contribution < -0.4 is 0 Å². The van der Waals surface area contributed by atoms with Gasteiger partial charge in [-0.2, -0.15) is 0 Å². The molecule has 0 atom stereocenters. The minimum atomic E-state index is 0.563. The molecule has 0 saturated carbocycles. The minimum Gasteiger partial charge on any atom is -0.144 e. The summed E-state index contributed by atoms with van der Waals surface area (Å²) >= 11 is 3.59. The van der Waals surface area contributed by atoms with Gasteiger partial charge in [0.1, 0.15) is 0 Å². The average molecular weight is 361 g/mol. The third-order valence-electron chi connectivity index (χ3n) is 4.46. The molecule has 2 heterocycles. The zero-order valence-electron chi connectivity index (χ0n) is 14.4. The predicted molar refractivity (Wildman–Crippen MR) is 113 cm³/mol. The Kier molecular flexibility index (Phi) is 4.56. The first kappa shape index (κ1) is 16.3. The van der Waals surface area contributed by atoms with Crippen LogP contribution in [0.4, 0.5) is 0 Å². The van der Waals surface area contributed by atoms with Crippen molar-refractivity contribution in [1.82, 2.24) is 0 Å². The van der Waals surface area contributed by atoms with Gasteiger partial charge in [0.05, 0.1) is 0 Å². The molecular formula is C23H20S2. The summed E-state index contributed by atoms with van der Waals surface area (Å²) in [6, 6.07) is 24.6. The number of thiophene rings is 2. The highest BCUT2D eigenvalue weighted by atomic mass is 32.1. The molecule has 2 aromatic heterocycles. The van der Waals surface area contributed by atoms with E-state index in [0.717, 1.165) is 0 Å². The molecule has 4 rings (SSSR count). The highest BCUT2D eigenvalue weighted by Crippen LogP contribution is 2.36. The standard InChI is InChI=1S/C23H20S2/c1-16(2)17-7-9-18(10-8-17)19-13-20(22-5-3-11-24-22)15-21(14-19)23-6-4-12-25-23/h3-16H,1-2H3. The van der Waals surface area contributed by atoms with Gasteiger partial charge in [0, 0.05) is 9.75 Å². The Bertz CT molecular complexity index is 892. The van der Waals surface area contributed by atoms with E-state index in [1.807, 2.05) is 0 Å². The van der Waals surface area contributed by atoms with Crippen molar-refractivity contribution < 1.29 is 0 Å². The summed E-state index contributed by atoms with van der Waals surface area (Å²) in [5.41, 5.74) is 6.54. The van der Waals surface area contributed by atoms with E-state index in [9.17, 15) is 0 Å². The molecule has 0 radical (unpaired) electrons. The van der Waals surface area contributed by atoms with Gasteiger partial charge in [-0.3, -0.25) is 0 Å². The summed E-state index contributed by atoms with van der Waals surface area (Å²) in [7, 11) is 0. The summed E-state index contributed by atoms with van der Waals surface area (Å²) in [6.07, 6.45) is 0. The van der Waals surface area contributed by atoms with Crippen molar-refractivity contribution in [3.8, 4) is 32.0 Å². The van der Waals surface area contributed by atoms with Crippen molar-refractivity contribution in [2.24, 2.45) is 0 Å². The maximum atomic E-state index is 2.31. The molecule has 0 aliphatic rings. The largest absolute Gasteiger partial charge is 0.144 e. The third kappa shape index (κ3) is 3.46. The lowest BCUT2D eigenvalue weighted by atomic mass is 9.95. The summed E-state index contributed by atoms with van der Waals surface area (Å²) in [5, 5.41) is 4.29. The van der Waals surface area contributed by atoms with Crippen LogP contribution in [-0.2, 0) is 0 Å². The van der Waals surface area contributed by atoms with Gasteiger partial charge in [0.25, 0.3) is 0 Å². The van der Waals surface area contributed by atoms with Gasteiger partial charge in [-0.1, -0.05) is 50.2 Å². The zero-order chi connectivity index (χ0) is 17.2. The van der Waals surface area contributed by atoms with E-state index < -0.39 is 0 Å². The summed E-state index contributed by atoms with van der Waals surface area (Å²) in [4.78, 5) is 2.64. The van der Waals surface area contributed by atoms with E-state index >= 15 is 0 Å². The van der Waals surface area contributed by atoms with Crippen LogP contribution in [0.15, 0.2) is 77.5 Å². The highest BCUT2D eigenvalue weighted by Gasteiger charge is 2.09. The van der Waals surface area contributed by atoms with E-state index in [4.69, 9.17) is 0 Å². The van der Waals surface area contributed by atoms with Gasteiger partial charge in [-0.25, -0.2) is 0 Å². The van der Waals surface area contributed by atoms with Crippen LogP contribution in [-0.4, -0.2) is 0 Å². The third-order valence-corrected chi connectivity index (χ3v) is 6.29. The van der Waals surface area contributed by atoms with Gasteiger partial charge in [0.2, 0.25) is 0 Å². The second-order valence-corrected chi connectivity index (χ2v) is 8.43. The summed E-state index contributed by atoms with van der Waals surface area (Å²) in [5.74, 6) is 0.563. The van der Waals surface area contributed by atoms with Crippen molar-refractivity contribution in [1.29, 1.82) is 0 Å². The quantitative estimate of drug-likeness (QED) is 0.346. The molecule has 2 aromatic carbocycles. The topological polar surface area (TPSA) is 0 Å². The molecule has 0 nitrogen and oxygen atoms in total. The predicted octanol–water partition coefficient (Wildman–Crippen LogP) is 7.93. The fourth-order valence-corrected chi connectivity index (χ4v) is 4.45. The fourth-order valence-electron chi connectivity index (χ4n) is 3.02. The molecule has 0 spiro atoms. The van der Waals surface area contributed by atoms with Crippen LogP contribution in [0.3, 0.4) is 0 Å². The van der Waals surface area contributed by atoms with Crippen molar-refractivity contribution in [2.75, 3.05) is 0 Å². The van der Waals surface area contributed by atoms with Crippen LogP contribution in [0, 0.1) is 0 Å². The molecule has 0 aliphatic carbocycles. The Hall–Kier alpha value is -2.16. The molecular weight excluding hydrogens is 340 g/mol. The zero-order valence-corrected chi connectivity index (χ0v) is 16.0. The normalized spacial score (nSPS) is 11.2. The molecule has 4 aromatic rings. The Morgan fingerprint density at radius 1 is 0.600 bits per heavy atom. The monoisotopic (exact) mass is 360 g/mol.